The zero-order valence-corrected chi connectivity index (χ0v) is 16.4. The van der Waals surface area contributed by atoms with Gasteiger partial charge < -0.3 is 14.9 Å². The van der Waals surface area contributed by atoms with Crippen molar-refractivity contribution in [2.75, 3.05) is 30.8 Å². The van der Waals surface area contributed by atoms with Gasteiger partial charge in [0.25, 0.3) is 0 Å². The number of anilines is 1. The molecule has 0 bridgehead atoms. The van der Waals surface area contributed by atoms with Crippen LogP contribution in [0.1, 0.15) is 32.1 Å². The molecular formula is C20H26N2O4S. The van der Waals surface area contributed by atoms with Crippen LogP contribution in [0, 0.1) is 11.8 Å². The van der Waals surface area contributed by atoms with E-state index in [1.807, 2.05) is 35.4 Å². The molecular weight excluding hydrogens is 364 g/mol. The minimum Gasteiger partial charge on any atom is -0.481 e. The number of carbonyl (C=O) groups is 3. The maximum Gasteiger partial charge on any atom is 0.303 e. The van der Waals surface area contributed by atoms with Crippen molar-refractivity contribution in [3.63, 3.8) is 0 Å². The van der Waals surface area contributed by atoms with E-state index in [4.69, 9.17) is 5.11 Å². The van der Waals surface area contributed by atoms with Crippen molar-refractivity contribution in [1.82, 2.24) is 4.90 Å². The number of piperidine rings is 1. The predicted octanol–water partition coefficient (Wildman–Crippen LogP) is 2.86. The van der Waals surface area contributed by atoms with E-state index in [-0.39, 0.29) is 36.5 Å². The Bertz CT molecular complexity index is 724. The minimum atomic E-state index is -0.789. The monoisotopic (exact) mass is 390 g/mol. The average molecular weight is 391 g/mol. The van der Waals surface area contributed by atoms with Gasteiger partial charge in [0, 0.05) is 43.1 Å². The Morgan fingerprint density at radius 2 is 2.11 bits per heavy atom. The maximum absolute atomic E-state index is 13.0. The molecule has 3 rings (SSSR count). The summed E-state index contributed by atoms with van der Waals surface area (Å²) in [5.74, 6) is -0.834. The number of thioether (sulfide) groups is 1. The van der Waals surface area contributed by atoms with Crippen LogP contribution in [0.5, 0.6) is 0 Å². The van der Waals surface area contributed by atoms with Crippen LogP contribution in [-0.4, -0.2) is 53.7 Å². The third kappa shape index (κ3) is 4.83. The van der Waals surface area contributed by atoms with Gasteiger partial charge in [0.2, 0.25) is 11.8 Å². The van der Waals surface area contributed by atoms with Crippen molar-refractivity contribution in [2.45, 2.75) is 37.0 Å². The molecule has 1 N–H and O–H groups in total. The number of amides is 2. The van der Waals surface area contributed by atoms with Crippen LogP contribution in [0.3, 0.4) is 0 Å². The Kier molecular flexibility index (Phi) is 6.42. The summed E-state index contributed by atoms with van der Waals surface area (Å²) < 4.78 is 0. The van der Waals surface area contributed by atoms with Gasteiger partial charge in [-0.3, -0.25) is 14.4 Å². The molecule has 7 heteroatoms. The number of rotatable bonds is 6. The molecule has 2 amide bonds. The molecule has 2 saturated heterocycles. The quantitative estimate of drug-likeness (QED) is 0.756. The summed E-state index contributed by atoms with van der Waals surface area (Å²) >= 11 is 1.62. The minimum absolute atomic E-state index is 0.00830. The lowest BCUT2D eigenvalue weighted by Gasteiger charge is -2.34. The number of likely N-dealkylation sites (tertiary alicyclic amines) is 1. The topological polar surface area (TPSA) is 77.9 Å². The van der Waals surface area contributed by atoms with E-state index in [2.05, 4.69) is 0 Å². The van der Waals surface area contributed by atoms with Gasteiger partial charge in [-0.05, 0) is 49.6 Å². The molecule has 1 aromatic rings. The number of carboxylic acid groups (broad SMARTS) is 1. The summed E-state index contributed by atoms with van der Waals surface area (Å²) in [7, 11) is 0. The highest BCUT2D eigenvalue weighted by atomic mass is 32.2. The number of hydrogen-bond donors (Lipinski definition) is 1. The van der Waals surface area contributed by atoms with Gasteiger partial charge in [0.1, 0.15) is 0 Å². The first kappa shape index (κ1) is 19.7. The lowest BCUT2D eigenvalue weighted by molar-refractivity contribution is -0.138. The zero-order chi connectivity index (χ0) is 19.4. The Balaban J connectivity index is 1.62. The summed E-state index contributed by atoms with van der Waals surface area (Å²) in [5.41, 5.74) is 0.847. The Labute approximate surface area is 163 Å². The van der Waals surface area contributed by atoms with Crippen LogP contribution in [0.15, 0.2) is 29.2 Å². The summed E-state index contributed by atoms with van der Waals surface area (Å²) in [4.78, 5) is 40.9. The lowest BCUT2D eigenvalue weighted by Crippen LogP contribution is -2.43. The highest BCUT2D eigenvalue weighted by Crippen LogP contribution is 2.30. The number of hydrogen-bond acceptors (Lipinski definition) is 4. The van der Waals surface area contributed by atoms with Crippen LogP contribution < -0.4 is 4.90 Å². The highest BCUT2D eigenvalue weighted by molar-refractivity contribution is 7.98. The van der Waals surface area contributed by atoms with Crippen molar-refractivity contribution in [2.24, 2.45) is 11.8 Å². The summed E-state index contributed by atoms with van der Waals surface area (Å²) in [6, 6.07) is 7.83. The fourth-order valence-electron chi connectivity index (χ4n) is 3.99. The standard InChI is InChI=1S/C20H26N2O4S/c1-27-17-6-2-5-16(11-17)22-13-15(10-18(22)23)20(26)21-9-3-4-14(12-21)7-8-19(24)25/h2,5-6,11,14-15H,3-4,7-10,12-13H2,1H3,(H,24,25). The van der Waals surface area contributed by atoms with Crippen LogP contribution in [-0.2, 0) is 14.4 Å². The molecule has 2 aliphatic rings. The number of carbonyl (C=O) groups excluding carboxylic acids is 2. The van der Waals surface area contributed by atoms with Crippen LogP contribution in [0.25, 0.3) is 0 Å². The first-order valence-corrected chi connectivity index (χ1v) is 10.7. The van der Waals surface area contributed by atoms with E-state index in [0.29, 0.717) is 26.1 Å². The molecule has 2 atom stereocenters. The van der Waals surface area contributed by atoms with E-state index in [9.17, 15) is 14.4 Å². The maximum atomic E-state index is 13.0. The number of aliphatic carboxylic acids is 1. The number of benzene rings is 1. The Morgan fingerprint density at radius 1 is 1.30 bits per heavy atom. The molecule has 1 aromatic carbocycles. The molecule has 2 fully saturated rings. The predicted molar refractivity (Wildman–Crippen MR) is 105 cm³/mol. The SMILES string of the molecule is CSc1cccc(N2CC(C(=O)N3CCCC(CCC(=O)O)C3)CC2=O)c1. The molecule has 6 nitrogen and oxygen atoms in total. The van der Waals surface area contributed by atoms with Crippen molar-refractivity contribution in [1.29, 1.82) is 0 Å². The van der Waals surface area contributed by atoms with Gasteiger partial charge in [0.15, 0.2) is 0 Å². The first-order valence-electron chi connectivity index (χ1n) is 9.43. The molecule has 146 valence electrons. The molecule has 2 aliphatic heterocycles. The van der Waals surface area contributed by atoms with E-state index in [1.165, 1.54) is 0 Å². The highest BCUT2D eigenvalue weighted by Gasteiger charge is 2.38. The van der Waals surface area contributed by atoms with Crippen molar-refractivity contribution in [3.8, 4) is 0 Å². The van der Waals surface area contributed by atoms with E-state index < -0.39 is 5.97 Å². The van der Waals surface area contributed by atoms with Crippen LogP contribution in [0.2, 0.25) is 0 Å². The van der Waals surface area contributed by atoms with Gasteiger partial charge >= 0.3 is 5.97 Å². The lowest BCUT2D eigenvalue weighted by atomic mass is 9.92. The molecule has 27 heavy (non-hydrogen) atoms. The van der Waals surface area contributed by atoms with Crippen molar-refractivity contribution in [3.05, 3.63) is 24.3 Å². The number of carboxylic acids is 1. The van der Waals surface area contributed by atoms with Crippen molar-refractivity contribution >= 4 is 35.2 Å². The van der Waals surface area contributed by atoms with Crippen molar-refractivity contribution < 1.29 is 19.5 Å². The fourth-order valence-corrected chi connectivity index (χ4v) is 4.44. The second-order valence-corrected chi connectivity index (χ2v) is 8.21. The van der Waals surface area contributed by atoms with Gasteiger partial charge in [-0.1, -0.05) is 6.07 Å². The van der Waals surface area contributed by atoms with Gasteiger partial charge in [-0.15, -0.1) is 11.8 Å². The molecule has 2 unspecified atom stereocenters. The second kappa shape index (κ2) is 8.78. The molecule has 0 aliphatic carbocycles. The molecule has 0 spiro atoms. The van der Waals surface area contributed by atoms with Gasteiger partial charge in [-0.25, -0.2) is 0 Å². The fraction of sp³-hybridized carbons (Fsp3) is 0.550. The molecule has 0 aromatic heterocycles. The number of nitrogens with zero attached hydrogens (tertiary/aromatic N) is 2. The Hall–Kier alpha value is -2.02. The van der Waals surface area contributed by atoms with E-state index in [1.54, 1.807) is 16.7 Å². The smallest absolute Gasteiger partial charge is 0.303 e. The third-order valence-corrected chi connectivity index (χ3v) is 6.16. The van der Waals surface area contributed by atoms with Crippen LogP contribution in [0.4, 0.5) is 5.69 Å². The summed E-state index contributed by atoms with van der Waals surface area (Å²) in [6.45, 7) is 1.74. The average Bonchev–Trinajstić information content (AvgIpc) is 3.07. The van der Waals surface area contributed by atoms with Crippen LogP contribution >= 0.6 is 11.8 Å². The first-order chi connectivity index (χ1) is 13.0. The molecule has 0 radical (unpaired) electrons. The van der Waals surface area contributed by atoms with Gasteiger partial charge in [-0.2, -0.15) is 0 Å². The normalized spacial score (nSPS) is 22.9. The summed E-state index contributed by atoms with van der Waals surface area (Å²) in [5, 5.41) is 8.87. The third-order valence-electron chi connectivity index (χ3n) is 5.44. The Morgan fingerprint density at radius 3 is 2.85 bits per heavy atom. The molecule has 0 saturated carbocycles. The van der Waals surface area contributed by atoms with Gasteiger partial charge in [0.05, 0.1) is 5.92 Å². The zero-order valence-electron chi connectivity index (χ0n) is 15.6. The largest absolute Gasteiger partial charge is 0.481 e. The van der Waals surface area contributed by atoms with E-state index in [0.717, 1.165) is 23.4 Å². The molecule has 2 heterocycles. The summed E-state index contributed by atoms with van der Waals surface area (Å²) in [6.07, 6.45) is 4.86. The van der Waals surface area contributed by atoms with E-state index >= 15 is 0 Å². The second-order valence-electron chi connectivity index (χ2n) is 7.33.